The maximum Gasteiger partial charge on any atom is 0.229 e. The number of nitrogens with one attached hydrogen (secondary N) is 1. The van der Waals surface area contributed by atoms with Crippen LogP contribution in [-0.2, 0) is 4.79 Å². The van der Waals surface area contributed by atoms with Crippen LogP contribution in [0.4, 0.5) is 5.69 Å². The number of aryl methyl sites for hydroxylation is 1. The number of phenolic OH excluding ortho intramolecular Hbond substituents is 1. The van der Waals surface area contributed by atoms with Crippen LogP contribution in [-0.4, -0.2) is 11.0 Å². The number of carbonyl (C=O) groups excluding carboxylic acids is 1. The third kappa shape index (κ3) is 3.61. The van der Waals surface area contributed by atoms with Crippen molar-refractivity contribution in [3.8, 4) is 5.75 Å². The largest absolute Gasteiger partial charge is 0.508 e. The van der Waals surface area contributed by atoms with Gasteiger partial charge in [0.05, 0.1) is 5.92 Å². The molecule has 0 radical (unpaired) electrons. The predicted molar refractivity (Wildman–Crippen MR) is 84.0 cm³/mol. The van der Waals surface area contributed by atoms with Gasteiger partial charge >= 0.3 is 0 Å². The van der Waals surface area contributed by atoms with Crippen molar-refractivity contribution >= 4 is 11.6 Å². The summed E-state index contributed by atoms with van der Waals surface area (Å²) in [5, 5.41) is 12.3. The Morgan fingerprint density at radius 1 is 1.19 bits per heavy atom. The Hall–Kier alpha value is -2.33. The molecule has 0 saturated heterocycles. The molecule has 0 bridgehead atoms. The molecule has 4 nitrogen and oxygen atoms in total. The number of carbonyl (C=O) groups is 1. The molecule has 0 aliphatic heterocycles. The van der Waals surface area contributed by atoms with Crippen LogP contribution in [0.1, 0.15) is 24.1 Å². The van der Waals surface area contributed by atoms with Gasteiger partial charge in [-0.2, -0.15) is 0 Å². The Bertz CT molecular complexity index is 626. The summed E-state index contributed by atoms with van der Waals surface area (Å²) in [6, 6.07) is 14.2. The topological polar surface area (TPSA) is 75.4 Å². The monoisotopic (exact) mass is 284 g/mol. The lowest BCUT2D eigenvalue weighted by molar-refractivity contribution is -0.120. The molecule has 2 aromatic rings. The van der Waals surface area contributed by atoms with Gasteiger partial charge in [0.2, 0.25) is 5.91 Å². The summed E-state index contributed by atoms with van der Waals surface area (Å²) >= 11 is 0. The number of hydrogen-bond donors (Lipinski definition) is 3. The van der Waals surface area contributed by atoms with Crippen molar-refractivity contribution in [2.24, 2.45) is 11.7 Å². The lowest BCUT2D eigenvalue weighted by Gasteiger charge is -2.20. The SMILES string of the molecule is Cc1cc(NC(=O)C(C)C(N)c2ccccc2)ccc1O. The van der Waals surface area contributed by atoms with Gasteiger partial charge in [-0.15, -0.1) is 0 Å². The summed E-state index contributed by atoms with van der Waals surface area (Å²) in [5.74, 6) is -0.292. The van der Waals surface area contributed by atoms with Gasteiger partial charge in [-0.05, 0) is 36.2 Å². The number of rotatable bonds is 4. The number of benzene rings is 2. The van der Waals surface area contributed by atoms with Crippen molar-refractivity contribution in [2.45, 2.75) is 19.9 Å². The highest BCUT2D eigenvalue weighted by molar-refractivity contribution is 5.93. The first-order valence-electron chi connectivity index (χ1n) is 6.90. The molecule has 0 fully saturated rings. The zero-order valence-electron chi connectivity index (χ0n) is 12.2. The number of phenols is 1. The van der Waals surface area contributed by atoms with Gasteiger partial charge in [0.25, 0.3) is 0 Å². The molecule has 0 aliphatic rings. The first kappa shape index (κ1) is 15.1. The smallest absolute Gasteiger partial charge is 0.229 e. The highest BCUT2D eigenvalue weighted by Crippen LogP contribution is 2.23. The molecule has 0 saturated carbocycles. The second-order valence-corrected chi connectivity index (χ2v) is 5.22. The summed E-state index contributed by atoms with van der Waals surface area (Å²) in [4.78, 5) is 12.3. The summed E-state index contributed by atoms with van der Waals surface area (Å²) < 4.78 is 0. The quantitative estimate of drug-likeness (QED) is 0.755. The number of nitrogens with two attached hydrogens (primary N) is 1. The zero-order chi connectivity index (χ0) is 15.4. The average molecular weight is 284 g/mol. The fourth-order valence-electron chi connectivity index (χ4n) is 2.12. The fourth-order valence-corrected chi connectivity index (χ4v) is 2.12. The van der Waals surface area contributed by atoms with E-state index in [1.165, 1.54) is 0 Å². The van der Waals surface area contributed by atoms with Gasteiger partial charge in [0.15, 0.2) is 0 Å². The van der Waals surface area contributed by atoms with Gasteiger partial charge in [-0.1, -0.05) is 37.3 Å². The maximum atomic E-state index is 12.3. The number of anilines is 1. The minimum atomic E-state index is -0.360. The first-order valence-corrected chi connectivity index (χ1v) is 6.90. The molecule has 2 rings (SSSR count). The molecule has 2 atom stereocenters. The Morgan fingerprint density at radius 3 is 2.48 bits per heavy atom. The van der Waals surface area contributed by atoms with Crippen molar-refractivity contribution in [3.63, 3.8) is 0 Å². The third-order valence-corrected chi connectivity index (χ3v) is 3.60. The molecule has 0 aliphatic carbocycles. The summed E-state index contributed by atoms with van der Waals surface area (Å²) in [6.07, 6.45) is 0. The summed E-state index contributed by atoms with van der Waals surface area (Å²) in [7, 11) is 0. The van der Waals surface area contributed by atoms with Gasteiger partial charge in [0.1, 0.15) is 5.75 Å². The first-order chi connectivity index (χ1) is 9.99. The molecule has 0 spiro atoms. The zero-order valence-corrected chi connectivity index (χ0v) is 12.2. The Morgan fingerprint density at radius 2 is 1.86 bits per heavy atom. The van der Waals surface area contributed by atoms with E-state index in [2.05, 4.69) is 5.32 Å². The van der Waals surface area contributed by atoms with Crippen LogP contribution in [0, 0.1) is 12.8 Å². The third-order valence-electron chi connectivity index (χ3n) is 3.60. The molecule has 2 aromatic carbocycles. The standard InChI is InChI=1S/C17H20N2O2/c1-11-10-14(8-9-15(11)20)19-17(21)12(2)16(18)13-6-4-3-5-7-13/h3-10,12,16,20H,18H2,1-2H3,(H,19,21). The fraction of sp³-hybridized carbons (Fsp3) is 0.235. The van der Waals surface area contributed by atoms with Crippen LogP contribution in [0.5, 0.6) is 5.75 Å². The van der Waals surface area contributed by atoms with Gasteiger partial charge in [0, 0.05) is 11.7 Å². The molecule has 0 aromatic heterocycles. The maximum absolute atomic E-state index is 12.3. The normalized spacial score (nSPS) is 13.5. The minimum absolute atomic E-state index is 0.142. The van der Waals surface area contributed by atoms with Crippen LogP contribution < -0.4 is 11.1 Å². The molecular weight excluding hydrogens is 264 g/mol. The van der Waals surface area contributed by atoms with E-state index in [4.69, 9.17) is 5.73 Å². The van der Waals surface area contributed by atoms with E-state index in [-0.39, 0.29) is 23.6 Å². The van der Waals surface area contributed by atoms with E-state index < -0.39 is 0 Å². The Kier molecular flexibility index (Phi) is 4.60. The molecular formula is C17H20N2O2. The molecule has 0 heterocycles. The van der Waals surface area contributed by atoms with E-state index in [1.54, 1.807) is 32.0 Å². The van der Waals surface area contributed by atoms with Gasteiger partial charge in [-0.3, -0.25) is 4.79 Å². The van der Waals surface area contributed by atoms with Crippen LogP contribution in [0.25, 0.3) is 0 Å². The Labute approximate surface area is 124 Å². The number of hydrogen-bond acceptors (Lipinski definition) is 3. The molecule has 1 amide bonds. The molecule has 4 N–H and O–H groups in total. The highest BCUT2D eigenvalue weighted by Gasteiger charge is 2.22. The highest BCUT2D eigenvalue weighted by atomic mass is 16.3. The second kappa shape index (κ2) is 6.41. The summed E-state index contributed by atoms with van der Waals surface area (Å²) in [6.45, 7) is 3.59. The van der Waals surface area contributed by atoms with Crippen molar-refractivity contribution in [2.75, 3.05) is 5.32 Å². The van der Waals surface area contributed by atoms with Crippen LogP contribution >= 0.6 is 0 Å². The summed E-state index contributed by atoms with van der Waals surface area (Å²) in [5.41, 5.74) is 8.45. The predicted octanol–water partition coefficient (Wildman–Crippen LogP) is 2.98. The van der Waals surface area contributed by atoms with Gasteiger partial charge < -0.3 is 16.2 Å². The number of aromatic hydroxyl groups is 1. The lowest BCUT2D eigenvalue weighted by atomic mass is 9.94. The lowest BCUT2D eigenvalue weighted by Crippen LogP contribution is -2.30. The van der Waals surface area contributed by atoms with E-state index in [0.717, 1.165) is 5.56 Å². The second-order valence-electron chi connectivity index (χ2n) is 5.22. The van der Waals surface area contributed by atoms with Crippen LogP contribution in [0.3, 0.4) is 0 Å². The van der Waals surface area contributed by atoms with Crippen molar-refractivity contribution in [1.29, 1.82) is 0 Å². The Balaban J connectivity index is 2.07. The van der Waals surface area contributed by atoms with Crippen LogP contribution in [0.2, 0.25) is 0 Å². The molecule has 110 valence electrons. The molecule has 21 heavy (non-hydrogen) atoms. The van der Waals surface area contributed by atoms with Gasteiger partial charge in [-0.25, -0.2) is 0 Å². The van der Waals surface area contributed by atoms with Crippen molar-refractivity contribution in [3.05, 3.63) is 59.7 Å². The van der Waals surface area contributed by atoms with E-state index >= 15 is 0 Å². The van der Waals surface area contributed by atoms with Crippen molar-refractivity contribution in [1.82, 2.24) is 0 Å². The number of amides is 1. The average Bonchev–Trinajstić information content (AvgIpc) is 2.50. The molecule has 2 unspecified atom stereocenters. The van der Waals surface area contributed by atoms with Crippen molar-refractivity contribution < 1.29 is 9.90 Å². The molecule has 4 heteroatoms. The van der Waals surface area contributed by atoms with E-state index in [1.807, 2.05) is 30.3 Å². The van der Waals surface area contributed by atoms with E-state index in [9.17, 15) is 9.90 Å². The van der Waals surface area contributed by atoms with Crippen LogP contribution in [0.15, 0.2) is 48.5 Å². The minimum Gasteiger partial charge on any atom is -0.508 e. The van der Waals surface area contributed by atoms with E-state index in [0.29, 0.717) is 11.3 Å².